The molecule has 1 aromatic rings. The number of aryl methyl sites for hydroxylation is 1. The standard InChI is InChI=1S/C16H11Br2F7S/c1-9-4-2-3-5-12(9)13(18)7-10(17)6-11(8-13)26-16(24,25)14(19,20)15(21,22)23/h2-6,8H,7H2,1H3. The summed E-state index contributed by atoms with van der Waals surface area (Å²) in [7, 11) is 0. The molecular formula is C16H11Br2F7S. The third-order valence-corrected chi connectivity index (χ3v) is 6.09. The van der Waals surface area contributed by atoms with Gasteiger partial charge in [-0.2, -0.15) is 30.7 Å². The Bertz CT molecular complexity index is 755. The van der Waals surface area contributed by atoms with Gasteiger partial charge in [-0.25, -0.2) is 0 Å². The summed E-state index contributed by atoms with van der Waals surface area (Å²) in [5.74, 6) is -6.17. The molecule has 0 spiro atoms. The van der Waals surface area contributed by atoms with Crippen molar-refractivity contribution in [3.63, 3.8) is 0 Å². The van der Waals surface area contributed by atoms with Gasteiger partial charge >= 0.3 is 17.4 Å². The first-order valence-corrected chi connectivity index (χ1v) is 9.45. The summed E-state index contributed by atoms with van der Waals surface area (Å²) in [5.41, 5.74) is 1.49. The fourth-order valence-electron chi connectivity index (χ4n) is 2.42. The minimum atomic E-state index is -6.36. The summed E-state index contributed by atoms with van der Waals surface area (Å²) in [6.07, 6.45) is -3.74. The van der Waals surface area contributed by atoms with E-state index in [4.69, 9.17) is 0 Å². The van der Waals surface area contributed by atoms with Gasteiger partial charge in [0.2, 0.25) is 0 Å². The molecule has 0 bridgehead atoms. The van der Waals surface area contributed by atoms with Crippen molar-refractivity contribution >= 4 is 43.6 Å². The van der Waals surface area contributed by atoms with Gasteiger partial charge in [-0.3, -0.25) is 0 Å². The van der Waals surface area contributed by atoms with Crippen LogP contribution in [-0.2, 0) is 4.32 Å². The maximum absolute atomic E-state index is 13.7. The van der Waals surface area contributed by atoms with E-state index in [1.165, 1.54) is 6.08 Å². The van der Waals surface area contributed by atoms with Gasteiger partial charge in [0, 0.05) is 11.3 Å². The van der Waals surface area contributed by atoms with E-state index >= 15 is 0 Å². The Morgan fingerprint density at radius 1 is 1.04 bits per heavy atom. The van der Waals surface area contributed by atoms with Crippen LogP contribution in [0.2, 0.25) is 0 Å². The molecule has 1 unspecified atom stereocenters. The number of hydrogen-bond donors (Lipinski definition) is 0. The lowest BCUT2D eigenvalue weighted by Crippen LogP contribution is -2.50. The van der Waals surface area contributed by atoms with Crippen molar-refractivity contribution in [2.75, 3.05) is 0 Å². The lowest BCUT2D eigenvalue weighted by molar-refractivity contribution is -0.330. The van der Waals surface area contributed by atoms with Crippen molar-refractivity contribution in [2.45, 2.75) is 35.0 Å². The zero-order valence-corrected chi connectivity index (χ0v) is 17.0. The molecule has 0 radical (unpaired) electrons. The Labute approximate surface area is 166 Å². The molecule has 26 heavy (non-hydrogen) atoms. The van der Waals surface area contributed by atoms with Gasteiger partial charge in [0.1, 0.15) is 0 Å². The first kappa shape index (κ1) is 21.8. The smallest absolute Gasteiger partial charge is 0.188 e. The lowest BCUT2D eigenvalue weighted by Gasteiger charge is -2.32. The topological polar surface area (TPSA) is 0 Å². The summed E-state index contributed by atoms with van der Waals surface area (Å²) >= 11 is 5.75. The highest BCUT2D eigenvalue weighted by atomic mass is 79.9. The van der Waals surface area contributed by atoms with Crippen LogP contribution < -0.4 is 0 Å². The van der Waals surface area contributed by atoms with Crippen LogP contribution in [0.3, 0.4) is 0 Å². The monoisotopic (exact) mass is 526 g/mol. The Kier molecular flexibility index (Phi) is 6.01. The largest absolute Gasteiger partial charge is 0.460 e. The van der Waals surface area contributed by atoms with Crippen molar-refractivity contribution in [3.8, 4) is 0 Å². The predicted molar refractivity (Wildman–Crippen MR) is 95.0 cm³/mol. The average Bonchev–Trinajstić information content (AvgIpc) is 2.44. The zero-order chi connectivity index (χ0) is 20.0. The molecule has 2 rings (SSSR count). The highest BCUT2D eigenvalue weighted by Gasteiger charge is 2.73. The maximum atomic E-state index is 13.7. The molecule has 0 N–H and O–H groups in total. The number of allylic oxidation sites excluding steroid dienone is 3. The molecule has 0 aromatic heterocycles. The minimum absolute atomic E-state index is 0.281. The highest BCUT2D eigenvalue weighted by Crippen LogP contribution is 2.56. The molecule has 0 nitrogen and oxygen atoms in total. The van der Waals surface area contributed by atoms with E-state index in [-0.39, 0.29) is 6.42 Å². The van der Waals surface area contributed by atoms with Crippen molar-refractivity contribution in [3.05, 3.63) is 56.9 Å². The first-order chi connectivity index (χ1) is 11.7. The van der Waals surface area contributed by atoms with Gasteiger partial charge in [-0.1, -0.05) is 56.1 Å². The van der Waals surface area contributed by atoms with Crippen molar-refractivity contribution < 1.29 is 30.7 Å². The molecule has 0 fully saturated rings. The third-order valence-electron chi connectivity index (χ3n) is 3.66. The Hall–Kier alpha value is -0.480. The van der Waals surface area contributed by atoms with E-state index < -0.39 is 38.3 Å². The fourth-order valence-corrected chi connectivity index (χ4v) is 5.78. The number of rotatable bonds is 4. The van der Waals surface area contributed by atoms with Gasteiger partial charge in [0.05, 0.1) is 4.32 Å². The van der Waals surface area contributed by atoms with Crippen LogP contribution in [0.1, 0.15) is 17.5 Å². The van der Waals surface area contributed by atoms with E-state index in [0.717, 1.165) is 11.6 Å². The summed E-state index contributed by atoms with van der Waals surface area (Å²) in [4.78, 5) is -0.405. The average molecular weight is 528 g/mol. The quantitative estimate of drug-likeness (QED) is 0.286. The Morgan fingerprint density at radius 3 is 2.15 bits per heavy atom. The second-order valence-corrected chi connectivity index (χ2v) is 9.30. The summed E-state index contributed by atoms with van der Waals surface area (Å²) < 4.78 is 90.2. The molecule has 0 saturated carbocycles. The van der Waals surface area contributed by atoms with Crippen LogP contribution in [0.15, 0.2) is 45.8 Å². The van der Waals surface area contributed by atoms with Gasteiger partial charge in [0.25, 0.3) is 0 Å². The molecule has 0 amide bonds. The molecule has 1 aliphatic carbocycles. The number of hydrogen-bond acceptors (Lipinski definition) is 1. The van der Waals surface area contributed by atoms with Gasteiger partial charge in [-0.05, 0) is 46.4 Å². The Morgan fingerprint density at radius 2 is 1.62 bits per heavy atom. The summed E-state index contributed by atoms with van der Waals surface area (Å²) in [5, 5.41) is -5.36. The minimum Gasteiger partial charge on any atom is -0.188 e. The van der Waals surface area contributed by atoms with Crippen LogP contribution in [0.4, 0.5) is 30.7 Å². The van der Waals surface area contributed by atoms with Gasteiger partial charge in [0.15, 0.2) is 0 Å². The molecule has 10 heteroatoms. The van der Waals surface area contributed by atoms with Gasteiger partial charge in [-0.15, -0.1) is 0 Å². The lowest BCUT2D eigenvalue weighted by atomic mass is 9.89. The molecule has 0 saturated heterocycles. The van der Waals surface area contributed by atoms with Crippen LogP contribution >= 0.6 is 43.6 Å². The summed E-state index contributed by atoms with van der Waals surface area (Å²) in [6, 6.07) is 6.97. The van der Waals surface area contributed by atoms with E-state index in [1.54, 1.807) is 31.2 Å². The van der Waals surface area contributed by atoms with Crippen LogP contribution in [-0.4, -0.2) is 17.4 Å². The van der Waals surface area contributed by atoms with Gasteiger partial charge < -0.3 is 0 Å². The first-order valence-electron chi connectivity index (χ1n) is 7.05. The van der Waals surface area contributed by atoms with Crippen LogP contribution in [0, 0.1) is 6.92 Å². The second kappa shape index (κ2) is 7.16. The fraction of sp³-hybridized carbons (Fsp3) is 0.375. The molecule has 1 atom stereocenters. The molecule has 0 aliphatic heterocycles. The Balaban J connectivity index is 2.43. The number of halogens is 9. The van der Waals surface area contributed by atoms with Crippen molar-refractivity contribution in [1.82, 2.24) is 0 Å². The number of alkyl halides is 8. The zero-order valence-electron chi connectivity index (χ0n) is 13.0. The molecule has 1 aromatic carbocycles. The second-order valence-electron chi connectivity index (χ2n) is 5.68. The summed E-state index contributed by atoms with van der Waals surface area (Å²) in [6.45, 7) is 1.78. The van der Waals surface area contributed by atoms with Crippen molar-refractivity contribution in [1.29, 1.82) is 0 Å². The molecule has 1 aliphatic rings. The predicted octanol–water partition coefficient (Wildman–Crippen LogP) is 7.68. The number of thioether (sulfide) groups is 1. The van der Waals surface area contributed by atoms with E-state index in [1.807, 2.05) is 0 Å². The number of benzene rings is 1. The normalized spacial score (nSPS) is 22.1. The molecule has 0 heterocycles. The SMILES string of the molecule is Cc1ccccc1C1(Br)C=C(SC(F)(F)C(F)(F)C(F)(F)F)C=C(Br)C1. The van der Waals surface area contributed by atoms with Crippen molar-refractivity contribution in [2.24, 2.45) is 0 Å². The van der Waals surface area contributed by atoms with Crippen LogP contribution in [0.5, 0.6) is 0 Å². The highest BCUT2D eigenvalue weighted by molar-refractivity contribution is 9.12. The van der Waals surface area contributed by atoms with Crippen LogP contribution in [0.25, 0.3) is 0 Å². The van der Waals surface area contributed by atoms with E-state index in [9.17, 15) is 30.7 Å². The maximum Gasteiger partial charge on any atom is 0.460 e. The van der Waals surface area contributed by atoms with E-state index in [0.29, 0.717) is 10.0 Å². The van der Waals surface area contributed by atoms with E-state index in [2.05, 4.69) is 31.9 Å². The molecular weight excluding hydrogens is 517 g/mol. The molecule has 144 valence electrons. The third kappa shape index (κ3) is 4.16.